The van der Waals surface area contributed by atoms with Crippen LogP contribution in [0.15, 0.2) is 35.9 Å². The van der Waals surface area contributed by atoms with E-state index in [1.165, 1.54) is 5.57 Å². The summed E-state index contributed by atoms with van der Waals surface area (Å²) in [4.78, 5) is 0. The summed E-state index contributed by atoms with van der Waals surface area (Å²) in [5, 5.41) is 12.4. The van der Waals surface area contributed by atoms with Gasteiger partial charge in [0.1, 0.15) is 18.1 Å². The van der Waals surface area contributed by atoms with Crippen LogP contribution in [0, 0.1) is 0 Å². The van der Waals surface area contributed by atoms with Crippen molar-refractivity contribution >= 4 is 0 Å². The first-order valence-corrected chi connectivity index (χ1v) is 5.15. The van der Waals surface area contributed by atoms with Crippen molar-refractivity contribution in [1.29, 1.82) is 0 Å². The molecule has 1 aliphatic rings. The van der Waals surface area contributed by atoms with Gasteiger partial charge in [-0.2, -0.15) is 0 Å². The Morgan fingerprint density at radius 1 is 1.27 bits per heavy atom. The van der Waals surface area contributed by atoms with Crippen LogP contribution < -0.4 is 10.1 Å². The number of hydrogen-bond acceptors (Lipinski definition) is 3. The molecule has 1 aromatic carbocycles. The van der Waals surface area contributed by atoms with E-state index < -0.39 is 0 Å². The van der Waals surface area contributed by atoms with Crippen molar-refractivity contribution < 1.29 is 9.84 Å². The lowest BCUT2D eigenvalue weighted by Gasteiger charge is -2.14. The van der Waals surface area contributed by atoms with Crippen LogP contribution in [0.4, 0.5) is 0 Å². The Kier molecular flexibility index (Phi) is 3.25. The van der Waals surface area contributed by atoms with E-state index in [2.05, 4.69) is 11.4 Å². The topological polar surface area (TPSA) is 41.5 Å². The summed E-state index contributed by atoms with van der Waals surface area (Å²) in [6, 6.07) is 6.81. The first-order valence-electron chi connectivity index (χ1n) is 5.15. The normalized spacial score (nSPS) is 15.9. The maximum Gasteiger partial charge on any atom is 0.120 e. The van der Waals surface area contributed by atoms with Gasteiger partial charge in [0.05, 0.1) is 0 Å². The lowest BCUT2D eigenvalue weighted by molar-refractivity contribution is 0.343. The van der Waals surface area contributed by atoms with E-state index in [0.29, 0.717) is 6.61 Å². The lowest BCUT2D eigenvalue weighted by atomic mass is 10.1. The van der Waals surface area contributed by atoms with Gasteiger partial charge in [0.15, 0.2) is 0 Å². The van der Waals surface area contributed by atoms with Gasteiger partial charge in [0, 0.05) is 6.54 Å². The van der Waals surface area contributed by atoms with Gasteiger partial charge in [-0.3, -0.25) is 0 Å². The summed E-state index contributed by atoms with van der Waals surface area (Å²) in [7, 11) is 0. The molecular weight excluding hydrogens is 190 g/mol. The molecule has 1 aromatic rings. The molecule has 0 radical (unpaired) electrons. The average molecular weight is 205 g/mol. The van der Waals surface area contributed by atoms with Gasteiger partial charge in [0.25, 0.3) is 0 Å². The van der Waals surface area contributed by atoms with Crippen molar-refractivity contribution in [3.8, 4) is 11.5 Å². The van der Waals surface area contributed by atoms with E-state index in [0.717, 1.165) is 25.3 Å². The Balaban J connectivity index is 1.87. The third-order valence-electron chi connectivity index (χ3n) is 2.42. The van der Waals surface area contributed by atoms with Crippen LogP contribution in [0.2, 0.25) is 0 Å². The van der Waals surface area contributed by atoms with E-state index in [-0.39, 0.29) is 5.75 Å². The van der Waals surface area contributed by atoms with E-state index in [9.17, 15) is 0 Å². The highest BCUT2D eigenvalue weighted by atomic mass is 16.5. The monoisotopic (exact) mass is 205 g/mol. The van der Waals surface area contributed by atoms with Crippen molar-refractivity contribution in [3.63, 3.8) is 0 Å². The van der Waals surface area contributed by atoms with Crippen molar-refractivity contribution in [2.24, 2.45) is 0 Å². The Bertz CT molecular complexity index is 343. The molecule has 0 bridgehead atoms. The molecule has 15 heavy (non-hydrogen) atoms. The van der Waals surface area contributed by atoms with Gasteiger partial charge in [-0.1, -0.05) is 6.08 Å². The minimum atomic E-state index is 0.267. The summed E-state index contributed by atoms with van der Waals surface area (Å²) in [5.74, 6) is 1.07. The van der Waals surface area contributed by atoms with Gasteiger partial charge < -0.3 is 15.2 Å². The Labute approximate surface area is 89.4 Å². The SMILES string of the molecule is Oc1ccc(OCC2=CCNCC2)cc1. The second-order valence-corrected chi connectivity index (χ2v) is 3.60. The molecule has 2 rings (SSSR count). The van der Waals surface area contributed by atoms with Crippen molar-refractivity contribution in [3.05, 3.63) is 35.9 Å². The first-order chi connectivity index (χ1) is 7.34. The second kappa shape index (κ2) is 4.84. The van der Waals surface area contributed by atoms with Gasteiger partial charge in [-0.05, 0) is 42.8 Å². The van der Waals surface area contributed by atoms with Crippen LogP contribution in [0.1, 0.15) is 6.42 Å². The second-order valence-electron chi connectivity index (χ2n) is 3.60. The average Bonchev–Trinajstić information content (AvgIpc) is 2.30. The lowest BCUT2D eigenvalue weighted by Crippen LogP contribution is -2.22. The fraction of sp³-hybridized carbons (Fsp3) is 0.333. The van der Waals surface area contributed by atoms with Crippen molar-refractivity contribution in [2.45, 2.75) is 6.42 Å². The van der Waals surface area contributed by atoms with Crippen LogP contribution in [0.25, 0.3) is 0 Å². The minimum absolute atomic E-state index is 0.267. The highest BCUT2D eigenvalue weighted by Crippen LogP contribution is 2.17. The molecule has 0 aromatic heterocycles. The standard InChI is InChI=1S/C12H15NO2/c14-11-1-3-12(4-2-11)15-9-10-5-7-13-8-6-10/h1-5,13-14H,6-9H2. The van der Waals surface area contributed by atoms with E-state index >= 15 is 0 Å². The van der Waals surface area contributed by atoms with Gasteiger partial charge in [-0.15, -0.1) is 0 Å². The molecule has 0 amide bonds. The third kappa shape index (κ3) is 2.99. The van der Waals surface area contributed by atoms with Gasteiger partial charge in [0.2, 0.25) is 0 Å². The summed E-state index contributed by atoms with van der Waals surface area (Å²) in [6.45, 7) is 2.62. The van der Waals surface area contributed by atoms with Crippen LogP contribution in [0.3, 0.4) is 0 Å². The third-order valence-corrected chi connectivity index (χ3v) is 2.42. The molecule has 0 spiro atoms. The molecule has 2 N–H and O–H groups in total. The zero-order valence-corrected chi connectivity index (χ0v) is 8.57. The minimum Gasteiger partial charge on any atom is -0.508 e. The zero-order valence-electron chi connectivity index (χ0n) is 8.57. The molecule has 0 atom stereocenters. The highest BCUT2D eigenvalue weighted by Gasteiger charge is 2.03. The summed E-state index contributed by atoms with van der Waals surface area (Å²) >= 11 is 0. The first kappa shape index (κ1) is 10.1. The molecule has 3 heteroatoms. The highest BCUT2D eigenvalue weighted by molar-refractivity contribution is 5.30. The summed E-state index contributed by atoms with van der Waals surface area (Å²) < 4.78 is 5.59. The van der Waals surface area contributed by atoms with E-state index in [1.807, 2.05) is 0 Å². The fourth-order valence-corrected chi connectivity index (χ4v) is 1.52. The Morgan fingerprint density at radius 3 is 2.73 bits per heavy atom. The zero-order chi connectivity index (χ0) is 10.5. The number of rotatable bonds is 3. The fourth-order valence-electron chi connectivity index (χ4n) is 1.52. The van der Waals surface area contributed by atoms with Crippen LogP contribution in [0.5, 0.6) is 11.5 Å². The van der Waals surface area contributed by atoms with Crippen LogP contribution >= 0.6 is 0 Å². The molecule has 3 nitrogen and oxygen atoms in total. The number of phenolic OH excluding ortho intramolecular Hbond substituents is 1. The Morgan fingerprint density at radius 2 is 2.07 bits per heavy atom. The molecule has 0 saturated carbocycles. The maximum absolute atomic E-state index is 9.10. The molecule has 0 saturated heterocycles. The molecule has 1 aliphatic heterocycles. The predicted octanol–water partition coefficient (Wildman–Crippen LogP) is 1.69. The number of benzene rings is 1. The number of hydrogen-bond donors (Lipinski definition) is 2. The number of nitrogens with one attached hydrogen (secondary N) is 1. The number of ether oxygens (including phenoxy) is 1. The molecule has 1 heterocycles. The van der Waals surface area contributed by atoms with E-state index in [1.54, 1.807) is 24.3 Å². The number of aromatic hydroxyl groups is 1. The quantitative estimate of drug-likeness (QED) is 0.738. The van der Waals surface area contributed by atoms with Crippen LogP contribution in [-0.4, -0.2) is 24.8 Å². The summed E-state index contributed by atoms with van der Waals surface area (Å²) in [6.07, 6.45) is 3.22. The summed E-state index contributed by atoms with van der Waals surface area (Å²) in [5.41, 5.74) is 1.34. The molecule has 0 aliphatic carbocycles. The van der Waals surface area contributed by atoms with Gasteiger partial charge >= 0.3 is 0 Å². The van der Waals surface area contributed by atoms with E-state index in [4.69, 9.17) is 9.84 Å². The smallest absolute Gasteiger partial charge is 0.120 e. The molecule has 80 valence electrons. The predicted molar refractivity (Wildman–Crippen MR) is 59.2 cm³/mol. The van der Waals surface area contributed by atoms with Crippen molar-refractivity contribution in [2.75, 3.05) is 19.7 Å². The van der Waals surface area contributed by atoms with Crippen molar-refractivity contribution in [1.82, 2.24) is 5.32 Å². The molecular formula is C12H15NO2. The van der Waals surface area contributed by atoms with Crippen LogP contribution in [-0.2, 0) is 0 Å². The molecule has 0 unspecified atom stereocenters. The maximum atomic E-state index is 9.10. The Hall–Kier alpha value is -1.48. The largest absolute Gasteiger partial charge is 0.508 e. The van der Waals surface area contributed by atoms with Gasteiger partial charge in [-0.25, -0.2) is 0 Å². The number of phenols is 1. The molecule has 0 fully saturated rings.